The van der Waals surface area contributed by atoms with E-state index in [1.807, 2.05) is 28.8 Å². The van der Waals surface area contributed by atoms with E-state index in [0.717, 1.165) is 21.9 Å². The zero-order valence-corrected chi connectivity index (χ0v) is 11.1. The Morgan fingerprint density at radius 3 is 3.00 bits per heavy atom. The van der Waals surface area contributed by atoms with E-state index in [1.165, 1.54) is 0 Å². The molecule has 0 unspecified atom stereocenters. The highest BCUT2D eigenvalue weighted by Gasteiger charge is 2.09. The van der Waals surface area contributed by atoms with Crippen LogP contribution >= 0.6 is 23.8 Å². The lowest BCUT2D eigenvalue weighted by molar-refractivity contribution is 0.827. The first-order valence-electron chi connectivity index (χ1n) is 5.46. The Morgan fingerprint density at radius 2 is 2.22 bits per heavy atom. The number of aromatic nitrogens is 3. The van der Waals surface area contributed by atoms with Gasteiger partial charge in [-0.25, -0.2) is 0 Å². The van der Waals surface area contributed by atoms with E-state index in [4.69, 9.17) is 23.8 Å². The number of nitrogens with one attached hydrogen (secondary N) is 1. The molecule has 90 valence electrons. The molecule has 0 aliphatic carbocycles. The van der Waals surface area contributed by atoms with E-state index < -0.39 is 0 Å². The van der Waals surface area contributed by atoms with Crippen LogP contribution in [0.4, 0.5) is 0 Å². The first kappa shape index (κ1) is 11.4. The lowest BCUT2D eigenvalue weighted by atomic mass is 10.2. The first-order chi connectivity index (χ1) is 8.66. The van der Waals surface area contributed by atoms with Gasteiger partial charge in [-0.2, -0.15) is 0 Å². The van der Waals surface area contributed by atoms with Gasteiger partial charge in [-0.15, -0.1) is 0 Å². The number of fused-ring (bicyclic) bond motifs is 3. The molecule has 1 N–H and O–H groups in total. The highest BCUT2D eigenvalue weighted by Crippen LogP contribution is 2.24. The third-order valence-electron chi connectivity index (χ3n) is 2.83. The predicted octanol–water partition coefficient (Wildman–Crippen LogP) is 4.00. The third kappa shape index (κ3) is 1.74. The Kier molecular flexibility index (Phi) is 2.69. The summed E-state index contributed by atoms with van der Waals surface area (Å²) in [6.45, 7) is 4.22. The molecule has 1 aromatic carbocycles. The maximum atomic E-state index is 5.90. The standard InChI is InChI=1S/C13H10ClN3S/c1-8(14)7-17-12-9-4-2-3-5-10(9)15-6-11(12)16-13(17)18/h2-6H,1,7H2,(H,16,18). The molecule has 3 aromatic rings. The van der Waals surface area contributed by atoms with Crippen molar-refractivity contribution < 1.29 is 0 Å². The van der Waals surface area contributed by atoms with Gasteiger partial charge in [0.2, 0.25) is 0 Å². The van der Waals surface area contributed by atoms with Gasteiger partial charge in [-0.1, -0.05) is 36.4 Å². The van der Waals surface area contributed by atoms with E-state index in [0.29, 0.717) is 16.3 Å². The Balaban J connectivity index is 2.47. The van der Waals surface area contributed by atoms with Crippen molar-refractivity contribution in [1.82, 2.24) is 14.5 Å². The number of aromatic amines is 1. The fourth-order valence-corrected chi connectivity index (χ4v) is 2.50. The summed E-state index contributed by atoms with van der Waals surface area (Å²) in [4.78, 5) is 7.54. The van der Waals surface area contributed by atoms with E-state index in [9.17, 15) is 0 Å². The van der Waals surface area contributed by atoms with Crippen LogP contribution in [0.1, 0.15) is 0 Å². The molecule has 0 aliphatic heterocycles. The SMILES string of the molecule is C=C(Cl)Cn1c(=S)[nH]c2cnc3ccccc3c21. The topological polar surface area (TPSA) is 33.6 Å². The van der Waals surface area contributed by atoms with Gasteiger partial charge in [0, 0.05) is 10.4 Å². The maximum absolute atomic E-state index is 5.90. The minimum absolute atomic E-state index is 0.494. The predicted molar refractivity (Wildman–Crippen MR) is 77.4 cm³/mol. The van der Waals surface area contributed by atoms with Gasteiger partial charge < -0.3 is 9.55 Å². The molecule has 0 bridgehead atoms. The molecule has 5 heteroatoms. The first-order valence-corrected chi connectivity index (χ1v) is 6.25. The molecule has 18 heavy (non-hydrogen) atoms. The van der Waals surface area contributed by atoms with Crippen molar-refractivity contribution in [3.63, 3.8) is 0 Å². The minimum Gasteiger partial charge on any atom is -0.329 e. The van der Waals surface area contributed by atoms with Gasteiger partial charge in [0.25, 0.3) is 0 Å². The summed E-state index contributed by atoms with van der Waals surface area (Å²) < 4.78 is 2.58. The number of hydrogen-bond acceptors (Lipinski definition) is 2. The molecule has 0 amide bonds. The molecule has 2 aromatic heterocycles. The molecule has 2 heterocycles. The fraction of sp³-hybridized carbons (Fsp3) is 0.0769. The van der Waals surface area contributed by atoms with Crippen molar-refractivity contribution >= 4 is 45.8 Å². The van der Waals surface area contributed by atoms with Crippen LogP contribution in [-0.2, 0) is 6.54 Å². The average Bonchev–Trinajstić information content (AvgIpc) is 2.66. The highest BCUT2D eigenvalue weighted by molar-refractivity contribution is 7.71. The lowest BCUT2D eigenvalue weighted by Crippen LogP contribution is -1.98. The van der Waals surface area contributed by atoms with Crippen LogP contribution in [0, 0.1) is 4.77 Å². The number of imidazole rings is 1. The van der Waals surface area contributed by atoms with Gasteiger partial charge in [-0.3, -0.25) is 4.98 Å². The van der Waals surface area contributed by atoms with Crippen LogP contribution in [0.25, 0.3) is 21.9 Å². The summed E-state index contributed by atoms with van der Waals surface area (Å²) in [5, 5.41) is 1.60. The van der Waals surface area contributed by atoms with Crippen LogP contribution < -0.4 is 0 Å². The number of H-pyrrole nitrogens is 1. The second-order valence-corrected chi connectivity index (χ2v) is 4.99. The van der Waals surface area contributed by atoms with Crippen molar-refractivity contribution in [3.05, 3.63) is 46.8 Å². The van der Waals surface area contributed by atoms with Gasteiger partial charge in [0.15, 0.2) is 4.77 Å². The number of halogens is 1. The number of hydrogen-bond donors (Lipinski definition) is 1. The Hall–Kier alpha value is -1.65. The lowest BCUT2D eigenvalue weighted by Gasteiger charge is -2.05. The maximum Gasteiger partial charge on any atom is 0.178 e. The molecular formula is C13H10ClN3S. The van der Waals surface area contributed by atoms with E-state index >= 15 is 0 Å². The summed E-state index contributed by atoms with van der Waals surface area (Å²) in [5.41, 5.74) is 2.87. The van der Waals surface area contributed by atoms with E-state index in [2.05, 4.69) is 16.5 Å². The van der Waals surface area contributed by atoms with Gasteiger partial charge >= 0.3 is 0 Å². The molecule has 0 saturated carbocycles. The van der Waals surface area contributed by atoms with Crippen LogP contribution in [0.2, 0.25) is 0 Å². The monoisotopic (exact) mass is 275 g/mol. The molecular weight excluding hydrogens is 266 g/mol. The Labute approximate surface area is 114 Å². The zero-order chi connectivity index (χ0) is 12.7. The fourth-order valence-electron chi connectivity index (χ4n) is 2.12. The second kappa shape index (κ2) is 4.23. The number of allylic oxidation sites excluding steroid dienone is 1. The molecule has 0 saturated heterocycles. The van der Waals surface area contributed by atoms with Crippen molar-refractivity contribution in [2.45, 2.75) is 6.54 Å². The molecule has 0 aliphatic rings. The zero-order valence-electron chi connectivity index (χ0n) is 9.48. The van der Waals surface area contributed by atoms with Crippen molar-refractivity contribution in [3.8, 4) is 0 Å². The molecule has 3 rings (SSSR count). The summed E-state index contributed by atoms with van der Waals surface area (Å²) >= 11 is 11.2. The van der Waals surface area contributed by atoms with Crippen molar-refractivity contribution in [1.29, 1.82) is 0 Å². The molecule has 3 nitrogen and oxygen atoms in total. The van der Waals surface area contributed by atoms with Crippen molar-refractivity contribution in [2.24, 2.45) is 0 Å². The second-order valence-electron chi connectivity index (χ2n) is 4.07. The van der Waals surface area contributed by atoms with E-state index in [-0.39, 0.29) is 0 Å². The van der Waals surface area contributed by atoms with Crippen LogP contribution in [0.3, 0.4) is 0 Å². The van der Waals surface area contributed by atoms with Gasteiger partial charge in [0.1, 0.15) is 0 Å². The Morgan fingerprint density at radius 1 is 1.44 bits per heavy atom. The number of para-hydroxylation sites is 1. The quantitative estimate of drug-likeness (QED) is 0.717. The minimum atomic E-state index is 0.494. The third-order valence-corrected chi connectivity index (χ3v) is 3.28. The summed E-state index contributed by atoms with van der Waals surface area (Å²) in [6.07, 6.45) is 1.79. The summed E-state index contributed by atoms with van der Waals surface area (Å²) in [5.74, 6) is 0. The van der Waals surface area contributed by atoms with Crippen LogP contribution in [0.15, 0.2) is 42.1 Å². The number of nitrogens with zero attached hydrogens (tertiary/aromatic N) is 2. The number of rotatable bonds is 2. The smallest absolute Gasteiger partial charge is 0.178 e. The molecule has 0 spiro atoms. The summed E-state index contributed by atoms with van der Waals surface area (Å²) in [7, 11) is 0. The number of pyridine rings is 1. The van der Waals surface area contributed by atoms with Crippen LogP contribution in [0.5, 0.6) is 0 Å². The summed E-state index contributed by atoms with van der Waals surface area (Å²) in [6, 6.07) is 7.96. The molecule has 0 fully saturated rings. The largest absolute Gasteiger partial charge is 0.329 e. The average molecular weight is 276 g/mol. The highest BCUT2D eigenvalue weighted by atomic mass is 35.5. The Bertz CT molecular complexity index is 816. The molecule has 0 atom stereocenters. The van der Waals surface area contributed by atoms with E-state index in [1.54, 1.807) is 6.20 Å². The van der Waals surface area contributed by atoms with Crippen LogP contribution in [-0.4, -0.2) is 14.5 Å². The van der Waals surface area contributed by atoms with Gasteiger partial charge in [-0.05, 0) is 18.3 Å². The molecule has 0 radical (unpaired) electrons. The normalized spacial score (nSPS) is 11.2. The van der Waals surface area contributed by atoms with Gasteiger partial charge in [0.05, 0.1) is 29.3 Å². The number of benzene rings is 1. The van der Waals surface area contributed by atoms with Crippen molar-refractivity contribution in [2.75, 3.05) is 0 Å².